The predicted octanol–water partition coefficient (Wildman–Crippen LogP) is 3.35. The van der Waals surface area contributed by atoms with E-state index in [9.17, 15) is 9.59 Å². The van der Waals surface area contributed by atoms with Crippen LogP contribution in [0.25, 0.3) is 0 Å². The molecule has 0 aliphatic rings. The molecule has 2 amide bonds. The number of anilines is 1. The van der Waals surface area contributed by atoms with Gasteiger partial charge in [0.15, 0.2) is 0 Å². The van der Waals surface area contributed by atoms with Crippen molar-refractivity contribution in [3.05, 3.63) is 23.2 Å². The van der Waals surface area contributed by atoms with Gasteiger partial charge in [-0.1, -0.05) is 24.9 Å². The molecule has 0 saturated carbocycles. The van der Waals surface area contributed by atoms with Crippen LogP contribution in [0.15, 0.2) is 18.2 Å². The second kappa shape index (κ2) is 9.40. The van der Waals surface area contributed by atoms with E-state index in [4.69, 9.17) is 16.3 Å². The van der Waals surface area contributed by atoms with Gasteiger partial charge in [-0.05, 0) is 24.6 Å². The van der Waals surface area contributed by atoms with Crippen LogP contribution in [0.2, 0.25) is 5.02 Å². The van der Waals surface area contributed by atoms with Gasteiger partial charge >= 0.3 is 0 Å². The van der Waals surface area contributed by atoms with Crippen LogP contribution < -0.4 is 9.64 Å². The van der Waals surface area contributed by atoms with Gasteiger partial charge in [-0.2, -0.15) is 0 Å². The molecule has 0 radical (unpaired) electrons. The van der Waals surface area contributed by atoms with Gasteiger partial charge in [-0.25, -0.2) is 0 Å². The molecule has 0 spiro atoms. The monoisotopic (exact) mass is 340 g/mol. The Morgan fingerprint density at radius 3 is 2.52 bits per heavy atom. The van der Waals surface area contributed by atoms with Gasteiger partial charge in [0.05, 0.1) is 12.8 Å². The lowest BCUT2D eigenvalue weighted by molar-refractivity contribution is -0.129. The fourth-order valence-electron chi connectivity index (χ4n) is 2.24. The highest BCUT2D eigenvalue weighted by Crippen LogP contribution is 2.31. The van der Waals surface area contributed by atoms with Crippen LogP contribution in [0, 0.1) is 0 Å². The summed E-state index contributed by atoms with van der Waals surface area (Å²) in [5, 5.41) is 0.512. The Morgan fingerprint density at radius 2 is 1.96 bits per heavy atom. The number of halogens is 1. The van der Waals surface area contributed by atoms with Crippen molar-refractivity contribution in [3.63, 3.8) is 0 Å². The molecule has 6 heteroatoms. The van der Waals surface area contributed by atoms with E-state index in [-0.39, 0.29) is 18.2 Å². The molecule has 23 heavy (non-hydrogen) atoms. The maximum Gasteiger partial charge on any atom is 0.224 e. The van der Waals surface area contributed by atoms with E-state index in [1.165, 1.54) is 18.9 Å². The van der Waals surface area contributed by atoms with E-state index in [1.54, 1.807) is 30.1 Å². The normalized spacial score (nSPS) is 10.3. The second-order valence-corrected chi connectivity index (χ2v) is 5.84. The van der Waals surface area contributed by atoms with Crippen molar-refractivity contribution in [2.45, 2.75) is 33.1 Å². The number of nitrogens with zero attached hydrogens (tertiary/aromatic N) is 2. The summed E-state index contributed by atoms with van der Waals surface area (Å²) in [6.07, 6.45) is 2.27. The van der Waals surface area contributed by atoms with E-state index >= 15 is 0 Å². The third-order valence-electron chi connectivity index (χ3n) is 3.63. The fraction of sp³-hybridized carbons (Fsp3) is 0.529. The average Bonchev–Trinajstić information content (AvgIpc) is 2.52. The quantitative estimate of drug-likeness (QED) is 0.729. The molecular formula is C17H25ClN2O3. The summed E-state index contributed by atoms with van der Waals surface area (Å²) >= 11 is 6.02. The molecule has 1 aromatic rings. The number of methoxy groups -OCH3 is 1. The van der Waals surface area contributed by atoms with E-state index in [1.807, 2.05) is 0 Å². The molecule has 1 rings (SSSR count). The molecule has 0 saturated heterocycles. The van der Waals surface area contributed by atoms with Gasteiger partial charge in [-0.15, -0.1) is 0 Å². The molecular weight excluding hydrogens is 316 g/mol. The number of benzene rings is 1. The Labute approximate surface area is 143 Å². The first-order valence-electron chi connectivity index (χ1n) is 7.76. The zero-order chi connectivity index (χ0) is 17.4. The lowest BCUT2D eigenvalue weighted by Crippen LogP contribution is -2.35. The number of carbonyl (C=O) groups is 2. The van der Waals surface area contributed by atoms with Crippen LogP contribution >= 0.6 is 11.6 Å². The molecule has 0 aliphatic heterocycles. The minimum atomic E-state index is -0.158. The van der Waals surface area contributed by atoms with Gasteiger partial charge < -0.3 is 14.5 Å². The Balaban J connectivity index is 2.83. The van der Waals surface area contributed by atoms with Crippen LogP contribution in [-0.4, -0.2) is 44.0 Å². The van der Waals surface area contributed by atoms with Crippen molar-refractivity contribution in [2.75, 3.05) is 32.1 Å². The number of rotatable bonds is 8. The highest BCUT2D eigenvalue weighted by molar-refractivity contribution is 6.31. The molecule has 0 heterocycles. The minimum Gasteiger partial charge on any atom is -0.495 e. The van der Waals surface area contributed by atoms with E-state index in [0.717, 1.165) is 19.4 Å². The topological polar surface area (TPSA) is 49.9 Å². The first-order valence-corrected chi connectivity index (χ1v) is 8.14. The highest BCUT2D eigenvalue weighted by atomic mass is 35.5. The molecule has 128 valence electrons. The van der Waals surface area contributed by atoms with Crippen LogP contribution in [0.3, 0.4) is 0 Å². The number of unbranched alkanes of at least 4 members (excludes halogenated alkanes) is 1. The summed E-state index contributed by atoms with van der Waals surface area (Å²) in [5.74, 6) is 0.414. The summed E-state index contributed by atoms with van der Waals surface area (Å²) in [6, 6.07) is 5.09. The standard InChI is InChI=1S/C17H25ClN2O3/c1-5-6-10-19(3)17(22)9-11-20(13(2)21)15-12-14(18)7-8-16(15)23-4/h7-8,12H,5-6,9-11H2,1-4H3. The van der Waals surface area contributed by atoms with E-state index < -0.39 is 0 Å². The summed E-state index contributed by atoms with van der Waals surface area (Å²) in [7, 11) is 3.32. The minimum absolute atomic E-state index is 0.0192. The van der Waals surface area contributed by atoms with Crippen LogP contribution in [0.1, 0.15) is 33.1 Å². The van der Waals surface area contributed by atoms with Crippen molar-refractivity contribution in [2.24, 2.45) is 0 Å². The number of hydrogen-bond acceptors (Lipinski definition) is 3. The molecule has 0 atom stereocenters. The summed E-state index contributed by atoms with van der Waals surface area (Å²) in [5.41, 5.74) is 0.580. The van der Waals surface area contributed by atoms with Gasteiger partial charge in [0, 0.05) is 38.5 Å². The molecule has 0 bridgehead atoms. The van der Waals surface area contributed by atoms with Gasteiger partial charge in [-0.3, -0.25) is 9.59 Å². The van der Waals surface area contributed by atoms with Crippen LogP contribution in [0.4, 0.5) is 5.69 Å². The predicted molar refractivity (Wildman–Crippen MR) is 93.2 cm³/mol. The molecule has 5 nitrogen and oxygen atoms in total. The largest absolute Gasteiger partial charge is 0.495 e. The smallest absolute Gasteiger partial charge is 0.224 e. The molecule has 1 aromatic carbocycles. The molecule has 0 N–H and O–H groups in total. The van der Waals surface area contributed by atoms with Crippen molar-refractivity contribution >= 4 is 29.1 Å². The maximum absolute atomic E-state index is 12.2. The van der Waals surface area contributed by atoms with Crippen molar-refractivity contribution in [1.82, 2.24) is 4.90 Å². The van der Waals surface area contributed by atoms with Gasteiger partial charge in [0.25, 0.3) is 0 Å². The number of amides is 2. The summed E-state index contributed by atoms with van der Waals surface area (Å²) in [6.45, 7) is 4.57. The third-order valence-corrected chi connectivity index (χ3v) is 3.87. The van der Waals surface area contributed by atoms with Crippen LogP contribution in [-0.2, 0) is 9.59 Å². The Hall–Kier alpha value is -1.75. The lowest BCUT2D eigenvalue weighted by atomic mass is 10.2. The molecule has 0 aliphatic carbocycles. The van der Waals surface area contributed by atoms with Gasteiger partial charge in [0.2, 0.25) is 11.8 Å². The maximum atomic E-state index is 12.2. The first-order chi connectivity index (χ1) is 10.9. The highest BCUT2D eigenvalue weighted by Gasteiger charge is 2.19. The Bertz CT molecular complexity index is 549. The second-order valence-electron chi connectivity index (χ2n) is 5.41. The van der Waals surface area contributed by atoms with E-state index in [0.29, 0.717) is 23.0 Å². The van der Waals surface area contributed by atoms with E-state index in [2.05, 4.69) is 6.92 Å². The Morgan fingerprint density at radius 1 is 1.26 bits per heavy atom. The number of carbonyl (C=O) groups excluding carboxylic acids is 2. The van der Waals surface area contributed by atoms with Crippen LogP contribution in [0.5, 0.6) is 5.75 Å². The fourth-order valence-corrected chi connectivity index (χ4v) is 2.41. The van der Waals surface area contributed by atoms with Crippen molar-refractivity contribution < 1.29 is 14.3 Å². The molecule has 0 fully saturated rings. The lowest BCUT2D eigenvalue weighted by Gasteiger charge is -2.24. The third kappa shape index (κ3) is 5.75. The molecule has 0 unspecified atom stereocenters. The number of ether oxygens (including phenoxy) is 1. The van der Waals surface area contributed by atoms with Gasteiger partial charge in [0.1, 0.15) is 5.75 Å². The van der Waals surface area contributed by atoms with Crippen molar-refractivity contribution in [1.29, 1.82) is 0 Å². The molecule has 0 aromatic heterocycles. The summed E-state index contributed by atoms with van der Waals surface area (Å²) in [4.78, 5) is 27.4. The first kappa shape index (κ1) is 19.3. The summed E-state index contributed by atoms with van der Waals surface area (Å²) < 4.78 is 5.29. The average molecular weight is 341 g/mol. The number of hydrogen-bond donors (Lipinski definition) is 0. The zero-order valence-electron chi connectivity index (χ0n) is 14.3. The Kier molecular flexibility index (Phi) is 7.89. The zero-order valence-corrected chi connectivity index (χ0v) is 15.0. The van der Waals surface area contributed by atoms with Crippen molar-refractivity contribution in [3.8, 4) is 5.75 Å². The SMILES string of the molecule is CCCCN(C)C(=O)CCN(C(C)=O)c1cc(Cl)ccc1OC.